The molecule has 0 saturated heterocycles. The highest BCUT2D eigenvalue weighted by Gasteiger charge is 2.18. The number of hydrogen-bond acceptors (Lipinski definition) is 3. The summed E-state index contributed by atoms with van der Waals surface area (Å²) in [7, 11) is 1.65. The standard InChI is InChI=1S/C16H26N2O2/c1-3-4-10-14(12-20-2)18-16(19)15(17)11-13-8-6-5-7-9-13/h5-9,14-15H,3-4,10-12,17H2,1-2H3,(H,18,19)/t14?,15-/m0/s1. The zero-order valence-electron chi connectivity index (χ0n) is 12.5. The minimum absolute atomic E-state index is 0.0503. The van der Waals surface area contributed by atoms with Crippen LogP contribution in [-0.2, 0) is 16.0 Å². The van der Waals surface area contributed by atoms with Crippen molar-refractivity contribution in [2.24, 2.45) is 5.73 Å². The number of nitrogens with one attached hydrogen (secondary N) is 1. The van der Waals surface area contributed by atoms with Crippen molar-refractivity contribution in [3.63, 3.8) is 0 Å². The van der Waals surface area contributed by atoms with E-state index >= 15 is 0 Å². The van der Waals surface area contributed by atoms with Gasteiger partial charge in [-0.1, -0.05) is 50.1 Å². The number of carbonyl (C=O) groups is 1. The van der Waals surface area contributed by atoms with Gasteiger partial charge in [-0.05, 0) is 18.4 Å². The summed E-state index contributed by atoms with van der Waals surface area (Å²) in [6.07, 6.45) is 3.66. The van der Waals surface area contributed by atoms with Crippen LogP contribution >= 0.6 is 0 Å². The van der Waals surface area contributed by atoms with Gasteiger partial charge in [0.15, 0.2) is 0 Å². The number of nitrogens with two attached hydrogens (primary N) is 1. The fraction of sp³-hybridized carbons (Fsp3) is 0.562. The lowest BCUT2D eigenvalue weighted by Crippen LogP contribution is -2.47. The van der Waals surface area contributed by atoms with E-state index in [9.17, 15) is 4.79 Å². The van der Waals surface area contributed by atoms with E-state index in [1.165, 1.54) is 0 Å². The predicted molar refractivity (Wildman–Crippen MR) is 81.5 cm³/mol. The van der Waals surface area contributed by atoms with Crippen molar-refractivity contribution in [3.05, 3.63) is 35.9 Å². The van der Waals surface area contributed by atoms with Gasteiger partial charge in [0.05, 0.1) is 18.7 Å². The Hall–Kier alpha value is -1.39. The normalized spacial score (nSPS) is 13.8. The van der Waals surface area contributed by atoms with Gasteiger partial charge in [0.25, 0.3) is 0 Å². The molecule has 0 aromatic heterocycles. The molecule has 0 fully saturated rings. The average Bonchev–Trinajstić information content (AvgIpc) is 2.46. The second kappa shape index (κ2) is 9.50. The summed E-state index contributed by atoms with van der Waals surface area (Å²) in [5.41, 5.74) is 7.05. The van der Waals surface area contributed by atoms with Crippen molar-refractivity contribution in [3.8, 4) is 0 Å². The lowest BCUT2D eigenvalue weighted by molar-refractivity contribution is -0.123. The number of rotatable bonds is 9. The SMILES string of the molecule is CCCCC(COC)NC(=O)[C@@H](N)Cc1ccccc1. The van der Waals surface area contributed by atoms with Crippen LogP contribution in [-0.4, -0.2) is 31.7 Å². The first-order valence-electron chi connectivity index (χ1n) is 7.26. The monoisotopic (exact) mass is 278 g/mol. The van der Waals surface area contributed by atoms with Gasteiger partial charge in [-0.15, -0.1) is 0 Å². The first-order chi connectivity index (χ1) is 9.67. The largest absolute Gasteiger partial charge is 0.383 e. The van der Waals surface area contributed by atoms with Crippen LogP contribution in [0, 0.1) is 0 Å². The molecule has 4 nitrogen and oxygen atoms in total. The van der Waals surface area contributed by atoms with Crippen molar-refractivity contribution in [2.75, 3.05) is 13.7 Å². The van der Waals surface area contributed by atoms with E-state index < -0.39 is 6.04 Å². The van der Waals surface area contributed by atoms with Crippen LogP contribution in [0.4, 0.5) is 0 Å². The van der Waals surface area contributed by atoms with Gasteiger partial charge in [0.2, 0.25) is 5.91 Å². The van der Waals surface area contributed by atoms with Crippen LogP contribution in [0.1, 0.15) is 31.7 Å². The second-order valence-electron chi connectivity index (χ2n) is 5.10. The third kappa shape index (κ3) is 6.17. The fourth-order valence-electron chi connectivity index (χ4n) is 2.12. The number of ether oxygens (including phenoxy) is 1. The zero-order valence-corrected chi connectivity index (χ0v) is 12.5. The van der Waals surface area contributed by atoms with E-state index in [2.05, 4.69) is 12.2 Å². The summed E-state index contributed by atoms with van der Waals surface area (Å²) in [5.74, 6) is -0.105. The highest BCUT2D eigenvalue weighted by molar-refractivity contribution is 5.82. The molecule has 0 radical (unpaired) electrons. The zero-order chi connectivity index (χ0) is 14.8. The van der Waals surface area contributed by atoms with Crippen molar-refractivity contribution in [1.82, 2.24) is 5.32 Å². The van der Waals surface area contributed by atoms with Crippen LogP contribution in [0.3, 0.4) is 0 Å². The Kier molecular flexibility index (Phi) is 7.92. The topological polar surface area (TPSA) is 64.3 Å². The molecule has 1 aromatic carbocycles. The summed E-state index contributed by atoms with van der Waals surface area (Å²) in [6, 6.07) is 9.36. The minimum atomic E-state index is -0.515. The number of unbranched alkanes of at least 4 members (excludes halogenated alkanes) is 1. The van der Waals surface area contributed by atoms with Gasteiger partial charge in [-0.25, -0.2) is 0 Å². The molecular formula is C16H26N2O2. The molecule has 0 spiro atoms. The number of amides is 1. The van der Waals surface area contributed by atoms with Gasteiger partial charge in [-0.2, -0.15) is 0 Å². The highest BCUT2D eigenvalue weighted by atomic mass is 16.5. The van der Waals surface area contributed by atoms with Gasteiger partial charge < -0.3 is 15.8 Å². The Morgan fingerprint density at radius 3 is 2.65 bits per heavy atom. The first kappa shape index (κ1) is 16.7. The summed E-state index contributed by atoms with van der Waals surface area (Å²) >= 11 is 0. The summed E-state index contributed by atoms with van der Waals surface area (Å²) in [5, 5.41) is 2.98. The second-order valence-corrected chi connectivity index (χ2v) is 5.10. The van der Waals surface area contributed by atoms with E-state index in [1.54, 1.807) is 7.11 Å². The van der Waals surface area contributed by atoms with Crippen LogP contribution in [0.25, 0.3) is 0 Å². The molecule has 0 heterocycles. The Morgan fingerprint density at radius 2 is 2.05 bits per heavy atom. The molecule has 0 aliphatic heterocycles. The van der Waals surface area contributed by atoms with Crippen molar-refractivity contribution >= 4 is 5.91 Å². The maximum Gasteiger partial charge on any atom is 0.237 e. The third-order valence-electron chi connectivity index (χ3n) is 3.26. The average molecular weight is 278 g/mol. The van der Waals surface area contributed by atoms with Crippen LogP contribution in [0.5, 0.6) is 0 Å². The smallest absolute Gasteiger partial charge is 0.237 e. The lowest BCUT2D eigenvalue weighted by atomic mass is 10.0. The molecule has 20 heavy (non-hydrogen) atoms. The molecule has 112 valence electrons. The maximum atomic E-state index is 12.1. The van der Waals surface area contributed by atoms with Gasteiger partial charge in [0.1, 0.15) is 0 Å². The molecule has 2 atom stereocenters. The van der Waals surface area contributed by atoms with E-state index in [1.807, 2.05) is 30.3 Å². The maximum absolute atomic E-state index is 12.1. The lowest BCUT2D eigenvalue weighted by Gasteiger charge is -2.20. The molecule has 1 aromatic rings. The van der Waals surface area contributed by atoms with Crippen molar-refractivity contribution in [2.45, 2.75) is 44.7 Å². The Balaban J connectivity index is 2.46. The third-order valence-corrected chi connectivity index (χ3v) is 3.26. The Bertz CT molecular complexity index is 381. The molecule has 0 saturated carbocycles. The molecular weight excluding hydrogens is 252 g/mol. The fourth-order valence-corrected chi connectivity index (χ4v) is 2.12. The van der Waals surface area contributed by atoms with E-state index in [0.717, 1.165) is 24.8 Å². The molecule has 0 aliphatic carbocycles. The summed E-state index contributed by atoms with van der Waals surface area (Å²) in [4.78, 5) is 12.1. The number of carbonyl (C=O) groups excluding carboxylic acids is 1. The minimum Gasteiger partial charge on any atom is -0.383 e. The molecule has 1 rings (SSSR count). The molecule has 0 bridgehead atoms. The molecule has 0 aliphatic rings. The van der Waals surface area contributed by atoms with Crippen LogP contribution < -0.4 is 11.1 Å². The first-order valence-corrected chi connectivity index (χ1v) is 7.26. The number of methoxy groups -OCH3 is 1. The molecule has 1 amide bonds. The number of hydrogen-bond donors (Lipinski definition) is 2. The van der Waals surface area contributed by atoms with Gasteiger partial charge in [0, 0.05) is 7.11 Å². The number of benzene rings is 1. The van der Waals surface area contributed by atoms with Crippen LogP contribution in [0.15, 0.2) is 30.3 Å². The quantitative estimate of drug-likeness (QED) is 0.725. The van der Waals surface area contributed by atoms with Gasteiger partial charge in [-0.3, -0.25) is 4.79 Å². The summed E-state index contributed by atoms with van der Waals surface area (Å²) in [6.45, 7) is 2.66. The molecule has 4 heteroatoms. The predicted octanol–water partition coefficient (Wildman–Crippen LogP) is 1.88. The molecule has 3 N–H and O–H groups in total. The van der Waals surface area contributed by atoms with Crippen molar-refractivity contribution in [1.29, 1.82) is 0 Å². The van der Waals surface area contributed by atoms with E-state index in [-0.39, 0.29) is 11.9 Å². The highest BCUT2D eigenvalue weighted by Crippen LogP contribution is 2.04. The molecule has 1 unspecified atom stereocenters. The van der Waals surface area contributed by atoms with Gasteiger partial charge >= 0.3 is 0 Å². The van der Waals surface area contributed by atoms with Crippen LogP contribution in [0.2, 0.25) is 0 Å². The Morgan fingerprint density at radius 1 is 1.35 bits per heavy atom. The van der Waals surface area contributed by atoms with E-state index in [0.29, 0.717) is 13.0 Å². The van der Waals surface area contributed by atoms with Crippen molar-refractivity contribution < 1.29 is 9.53 Å². The van der Waals surface area contributed by atoms with E-state index in [4.69, 9.17) is 10.5 Å². The Labute approximate surface area is 121 Å². The summed E-state index contributed by atoms with van der Waals surface area (Å²) < 4.78 is 5.14.